The molecule has 0 radical (unpaired) electrons. The lowest BCUT2D eigenvalue weighted by Crippen LogP contribution is -1.97. The minimum atomic E-state index is 0.559. The monoisotopic (exact) mass is 414 g/mol. The Labute approximate surface area is 185 Å². The van der Waals surface area contributed by atoms with Crippen molar-refractivity contribution in [3.63, 3.8) is 0 Å². The van der Waals surface area contributed by atoms with Crippen LogP contribution >= 0.6 is 0 Å². The summed E-state index contributed by atoms with van der Waals surface area (Å²) in [6.07, 6.45) is 0. The van der Waals surface area contributed by atoms with Gasteiger partial charge in [0, 0.05) is 21.2 Å². The molecule has 6 nitrogen and oxygen atoms in total. The van der Waals surface area contributed by atoms with Crippen LogP contribution in [0.25, 0.3) is 32.0 Å². The highest BCUT2D eigenvalue weighted by atomic mass is 15.1. The van der Waals surface area contributed by atoms with E-state index in [0.717, 1.165) is 33.4 Å². The molecule has 32 heavy (non-hydrogen) atoms. The molecule has 0 saturated carbocycles. The van der Waals surface area contributed by atoms with Crippen molar-refractivity contribution >= 4 is 22.5 Å². The Kier molecular flexibility index (Phi) is 6.30. The summed E-state index contributed by atoms with van der Waals surface area (Å²) in [7, 11) is 0. The van der Waals surface area contributed by atoms with Crippen LogP contribution in [0.4, 0.5) is 11.4 Å². The highest BCUT2D eigenvalue weighted by molar-refractivity contribution is 6.04. The van der Waals surface area contributed by atoms with Crippen molar-refractivity contribution in [1.82, 2.24) is 0 Å². The van der Waals surface area contributed by atoms with Gasteiger partial charge in [-0.25, -0.2) is 0 Å². The van der Waals surface area contributed by atoms with Crippen LogP contribution in [0.1, 0.15) is 22.3 Å². The standard InChI is InChI=1S/C26H18N6/c27-31-29-23-15-11-21(12-16-23)25(19-7-3-1-4-8-19)26(20-9-5-2-6-10-20)22-13-17-24(18-14-22)30-32-28/h1-18H. The van der Waals surface area contributed by atoms with Gasteiger partial charge in [-0.05, 0) is 44.5 Å². The molecule has 0 spiro atoms. The van der Waals surface area contributed by atoms with E-state index in [1.807, 2.05) is 84.9 Å². The van der Waals surface area contributed by atoms with Gasteiger partial charge in [0.05, 0.1) is 0 Å². The van der Waals surface area contributed by atoms with E-state index in [0.29, 0.717) is 11.4 Å². The number of nitrogens with zero attached hydrogens (tertiary/aromatic N) is 6. The molecule has 0 aliphatic heterocycles. The second-order valence-electron chi connectivity index (χ2n) is 6.95. The van der Waals surface area contributed by atoms with E-state index in [9.17, 15) is 0 Å². The Balaban J connectivity index is 2.03. The van der Waals surface area contributed by atoms with Crippen molar-refractivity contribution < 1.29 is 0 Å². The second-order valence-corrected chi connectivity index (χ2v) is 6.95. The average Bonchev–Trinajstić information content (AvgIpc) is 2.85. The summed E-state index contributed by atoms with van der Waals surface area (Å²) >= 11 is 0. The number of rotatable bonds is 6. The van der Waals surface area contributed by atoms with Crippen molar-refractivity contribution in [3.05, 3.63) is 152 Å². The lowest BCUT2D eigenvalue weighted by molar-refractivity contribution is 1.44. The number of hydrogen-bond donors (Lipinski definition) is 0. The fourth-order valence-corrected chi connectivity index (χ4v) is 3.61. The van der Waals surface area contributed by atoms with E-state index in [1.54, 1.807) is 0 Å². The van der Waals surface area contributed by atoms with Gasteiger partial charge in [0.1, 0.15) is 0 Å². The predicted octanol–water partition coefficient (Wildman–Crippen LogP) is 8.58. The zero-order chi connectivity index (χ0) is 22.2. The summed E-state index contributed by atoms with van der Waals surface area (Å²) in [6.45, 7) is 0. The maximum Gasteiger partial charge on any atom is 0.0375 e. The summed E-state index contributed by atoms with van der Waals surface area (Å²) in [5, 5.41) is 7.39. The van der Waals surface area contributed by atoms with E-state index in [-0.39, 0.29) is 0 Å². The molecule has 0 aliphatic rings. The number of hydrogen-bond acceptors (Lipinski definition) is 2. The molecule has 0 saturated heterocycles. The van der Waals surface area contributed by atoms with Gasteiger partial charge in [-0.3, -0.25) is 0 Å². The first-order chi connectivity index (χ1) is 15.8. The molecule has 0 amide bonds. The lowest BCUT2D eigenvalue weighted by Gasteiger charge is -2.18. The highest BCUT2D eigenvalue weighted by Gasteiger charge is 2.16. The fourth-order valence-electron chi connectivity index (χ4n) is 3.61. The van der Waals surface area contributed by atoms with Gasteiger partial charge < -0.3 is 0 Å². The van der Waals surface area contributed by atoms with Crippen LogP contribution in [0.3, 0.4) is 0 Å². The van der Waals surface area contributed by atoms with E-state index in [1.165, 1.54) is 0 Å². The fraction of sp³-hybridized carbons (Fsp3) is 0. The van der Waals surface area contributed by atoms with Crippen molar-refractivity contribution in [2.75, 3.05) is 0 Å². The molecule has 0 aliphatic carbocycles. The van der Waals surface area contributed by atoms with Crippen molar-refractivity contribution in [2.24, 2.45) is 10.2 Å². The summed E-state index contributed by atoms with van der Waals surface area (Å²) in [6, 6.07) is 35.4. The molecule has 0 heterocycles. The molecule has 0 unspecified atom stereocenters. The zero-order valence-corrected chi connectivity index (χ0v) is 17.1. The Morgan fingerprint density at radius 2 is 0.750 bits per heavy atom. The first kappa shape index (κ1) is 20.5. The minimum Gasteiger partial charge on any atom is -0.0622 e. The average molecular weight is 414 g/mol. The number of benzene rings is 4. The quantitative estimate of drug-likeness (QED) is 0.131. The Morgan fingerprint density at radius 1 is 0.438 bits per heavy atom. The topological polar surface area (TPSA) is 97.5 Å². The second kappa shape index (κ2) is 9.83. The molecule has 152 valence electrons. The molecule has 6 heteroatoms. The number of azide groups is 2. The van der Waals surface area contributed by atoms with E-state index < -0.39 is 0 Å². The van der Waals surface area contributed by atoms with Crippen LogP contribution in [0.5, 0.6) is 0 Å². The molecule has 4 rings (SSSR count). The molecule has 4 aromatic carbocycles. The van der Waals surface area contributed by atoms with Gasteiger partial charge in [0.2, 0.25) is 0 Å². The summed E-state index contributed by atoms with van der Waals surface area (Å²) in [4.78, 5) is 5.74. The van der Waals surface area contributed by atoms with Crippen LogP contribution in [0.2, 0.25) is 0 Å². The summed E-state index contributed by atoms with van der Waals surface area (Å²) < 4.78 is 0. The third-order valence-electron chi connectivity index (χ3n) is 5.01. The van der Waals surface area contributed by atoms with Crippen LogP contribution in [-0.4, -0.2) is 0 Å². The van der Waals surface area contributed by atoms with Gasteiger partial charge in [0.15, 0.2) is 0 Å². The largest absolute Gasteiger partial charge is 0.0622 e. The molecule has 4 aromatic rings. The molecule has 0 fully saturated rings. The summed E-state index contributed by atoms with van der Waals surface area (Å²) in [5.41, 5.74) is 24.8. The third-order valence-corrected chi connectivity index (χ3v) is 5.01. The van der Waals surface area contributed by atoms with Crippen LogP contribution in [0, 0.1) is 0 Å². The minimum absolute atomic E-state index is 0.559. The Morgan fingerprint density at radius 3 is 1.06 bits per heavy atom. The van der Waals surface area contributed by atoms with E-state index in [4.69, 9.17) is 11.1 Å². The van der Waals surface area contributed by atoms with E-state index >= 15 is 0 Å². The first-order valence-electron chi connectivity index (χ1n) is 9.96. The maximum absolute atomic E-state index is 8.74. The molecule has 0 N–H and O–H groups in total. The molecular weight excluding hydrogens is 396 g/mol. The van der Waals surface area contributed by atoms with Crippen molar-refractivity contribution in [3.8, 4) is 0 Å². The SMILES string of the molecule is [N-]=[N+]=Nc1ccc(C(=C(c2ccccc2)c2ccc(N=[N+]=[N-])cc2)c2ccccc2)cc1. The highest BCUT2D eigenvalue weighted by Crippen LogP contribution is 2.37. The van der Waals surface area contributed by atoms with E-state index in [2.05, 4.69) is 44.3 Å². The van der Waals surface area contributed by atoms with Gasteiger partial charge in [0.25, 0.3) is 0 Å². The molecule has 0 atom stereocenters. The maximum atomic E-state index is 8.74. The van der Waals surface area contributed by atoms with Gasteiger partial charge in [-0.1, -0.05) is 119 Å². The Hall–Kier alpha value is -4.76. The molecule has 0 aromatic heterocycles. The smallest absolute Gasteiger partial charge is 0.0375 e. The third kappa shape index (κ3) is 4.53. The van der Waals surface area contributed by atoms with Crippen molar-refractivity contribution in [2.45, 2.75) is 0 Å². The van der Waals surface area contributed by atoms with Crippen molar-refractivity contribution in [1.29, 1.82) is 0 Å². The predicted molar refractivity (Wildman–Crippen MR) is 128 cm³/mol. The lowest BCUT2D eigenvalue weighted by atomic mass is 9.85. The van der Waals surface area contributed by atoms with Gasteiger partial charge in [-0.15, -0.1) is 0 Å². The first-order valence-corrected chi connectivity index (χ1v) is 9.96. The van der Waals surface area contributed by atoms with Crippen LogP contribution in [-0.2, 0) is 0 Å². The van der Waals surface area contributed by atoms with Crippen LogP contribution < -0.4 is 0 Å². The normalized spacial score (nSPS) is 11.0. The van der Waals surface area contributed by atoms with Gasteiger partial charge in [-0.2, -0.15) is 0 Å². The van der Waals surface area contributed by atoms with Gasteiger partial charge >= 0.3 is 0 Å². The van der Waals surface area contributed by atoms with Crippen LogP contribution in [0.15, 0.2) is 119 Å². The Bertz CT molecular complexity index is 1220. The zero-order valence-electron chi connectivity index (χ0n) is 17.1. The molecular formula is C26H18N6. The summed E-state index contributed by atoms with van der Waals surface area (Å²) in [5.74, 6) is 0. The molecule has 0 bridgehead atoms.